The van der Waals surface area contributed by atoms with E-state index in [1.807, 2.05) is 0 Å². The normalized spacial score (nSPS) is 11.1. The molecule has 0 radical (unpaired) electrons. The van der Waals surface area contributed by atoms with Crippen molar-refractivity contribution in [3.05, 3.63) is 35.6 Å². The third-order valence-corrected chi connectivity index (χ3v) is 2.08. The van der Waals surface area contributed by atoms with Gasteiger partial charge in [-0.1, -0.05) is 12.1 Å². The molecule has 0 aliphatic rings. The Labute approximate surface area is 106 Å². The molecule has 0 saturated heterocycles. The molecular weight excluding hydrogens is 235 g/mol. The second-order valence-electron chi connectivity index (χ2n) is 5.11. The van der Waals surface area contributed by atoms with Crippen molar-refractivity contribution in [1.82, 2.24) is 0 Å². The molecule has 1 aromatic carbocycles. The smallest absolute Gasteiger partial charge is 0.313 e. The number of hydrogen-bond acceptors (Lipinski definition) is 3. The van der Waals surface area contributed by atoms with Crippen LogP contribution in [0.4, 0.5) is 4.39 Å². The van der Waals surface area contributed by atoms with Crippen LogP contribution in [0.5, 0.6) is 0 Å². The lowest BCUT2D eigenvalue weighted by Gasteiger charge is -2.19. The van der Waals surface area contributed by atoms with Gasteiger partial charge >= 0.3 is 5.97 Å². The summed E-state index contributed by atoms with van der Waals surface area (Å²) in [6.45, 7) is 5.24. The maximum absolute atomic E-state index is 12.7. The van der Waals surface area contributed by atoms with E-state index < -0.39 is 11.6 Å². The van der Waals surface area contributed by atoms with Crippen LogP contribution in [0, 0.1) is 5.82 Å². The second kappa shape index (κ2) is 5.76. The standard InChI is InChI=1S/C14H17FO3/c1-14(2,3)18-13(17)9-12(16)8-10-4-6-11(15)7-5-10/h4-7H,8-9H2,1-3H3. The van der Waals surface area contributed by atoms with Crippen LogP contribution in [0.2, 0.25) is 0 Å². The van der Waals surface area contributed by atoms with E-state index in [0.717, 1.165) is 0 Å². The van der Waals surface area contributed by atoms with Crippen LogP contribution in [0.25, 0.3) is 0 Å². The maximum Gasteiger partial charge on any atom is 0.313 e. The van der Waals surface area contributed by atoms with Crippen molar-refractivity contribution in [1.29, 1.82) is 0 Å². The van der Waals surface area contributed by atoms with Crippen LogP contribution in [0.1, 0.15) is 32.8 Å². The zero-order chi connectivity index (χ0) is 13.8. The van der Waals surface area contributed by atoms with Gasteiger partial charge in [-0.25, -0.2) is 4.39 Å². The van der Waals surface area contributed by atoms with Gasteiger partial charge in [0.2, 0.25) is 0 Å². The Bertz CT molecular complexity index is 429. The van der Waals surface area contributed by atoms with Gasteiger partial charge in [-0.05, 0) is 38.5 Å². The number of esters is 1. The lowest BCUT2D eigenvalue weighted by molar-refractivity contribution is -0.156. The summed E-state index contributed by atoms with van der Waals surface area (Å²) in [5, 5.41) is 0. The van der Waals surface area contributed by atoms with Crippen molar-refractivity contribution < 1.29 is 18.7 Å². The molecule has 0 heterocycles. The Hall–Kier alpha value is -1.71. The van der Waals surface area contributed by atoms with Crippen LogP contribution in [0.15, 0.2) is 24.3 Å². The number of carbonyl (C=O) groups excluding carboxylic acids is 2. The Morgan fingerprint density at radius 1 is 1.17 bits per heavy atom. The number of carbonyl (C=O) groups is 2. The summed E-state index contributed by atoms with van der Waals surface area (Å²) < 4.78 is 17.7. The second-order valence-corrected chi connectivity index (χ2v) is 5.11. The summed E-state index contributed by atoms with van der Waals surface area (Å²) in [4.78, 5) is 23.0. The Kier molecular flexibility index (Phi) is 4.59. The van der Waals surface area contributed by atoms with E-state index in [1.165, 1.54) is 24.3 Å². The summed E-state index contributed by atoms with van der Waals surface area (Å²) in [7, 11) is 0. The first-order valence-corrected chi connectivity index (χ1v) is 5.74. The molecule has 0 bridgehead atoms. The molecule has 0 atom stereocenters. The molecule has 4 heteroatoms. The van der Waals surface area contributed by atoms with Crippen LogP contribution >= 0.6 is 0 Å². The van der Waals surface area contributed by atoms with E-state index >= 15 is 0 Å². The molecule has 0 spiro atoms. The number of Topliss-reactive ketones (excluding diaryl/α,β-unsaturated/α-hetero) is 1. The molecule has 0 saturated carbocycles. The Balaban J connectivity index is 2.47. The summed E-state index contributed by atoms with van der Waals surface area (Å²) in [6.07, 6.45) is -0.145. The van der Waals surface area contributed by atoms with Gasteiger partial charge in [0.05, 0.1) is 0 Å². The van der Waals surface area contributed by atoms with Crippen molar-refractivity contribution in [2.45, 2.75) is 39.2 Å². The van der Waals surface area contributed by atoms with Gasteiger partial charge < -0.3 is 4.74 Å². The van der Waals surface area contributed by atoms with E-state index in [-0.39, 0.29) is 24.4 Å². The number of ketones is 1. The van der Waals surface area contributed by atoms with E-state index in [0.29, 0.717) is 5.56 Å². The van der Waals surface area contributed by atoms with E-state index in [2.05, 4.69) is 0 Å². The summed E-state index contributed by atoms with van der Waals surface area (Å²) in [5.41, 5.74) is 0.0951. The molecule has 1 rings (SSSR count). The molecule has 3 nitrogen and oxygen atoms in total. The van der Waals surface area contributed by atoms with Crippen molar-refractivity contribution in [3.63, 3.8) is 0 Å². The molecule has 1 aromatic rings. The first-order valence-electron chi connectivity index (χ1n) is 5.74. The number of benzene rings is 1. The average Bonchev–Trinajstić information content (AvgIpc) is 2.18. The predicted octanol–water partition coefficient (Wildman–Crippen LogP) is 2.67. The van der Waals surface area contributed by atoms with Gasteiger partial charge in [0, 0.05) is 6.42 Å². The van der Waals surface area contributed by atoms with Crippen LogP contribution in [0.3, 0.4) is 0 Å². The summed E-state index contributed by atoms with van der Waals surface area (Å²) >= 11 is 0. The highest BCUT2D eigenvalue weighted by Gasteiger charge is 2.18. The first kappa shape index (κ1) is 14.4. The zero-order valence-electron chi connectivity index (χ0n) is 10.8. The molecule has 0 aromatic heterocycles. The van der Waals surface area contributed by atoms with Gasteiger partial charge in [-0.2, -0.15) is 0 Å². The summed E-state index contributed by atoms with van der Waals surface area (Å²) in [5.74, 6) is -1.12. The Morgan fingerprint density at radius 3 is 2.22 bits per heavy atom. The number of rotatable bonds is 4. The van der Waals surface area contributed by atoms with Crippen LogP contribution in [-0.4, -0.2) is 17.4 Å². The van der Waals surface area contributed by atoms with Gasteiger partial charge in [-0.3, -0.25) is 9.59 Å². The fraction of sp³-hybridized carbons (Fsp3) is 0.429. The minimum atomic E-state index is -0.590. The number of halogens is 1. The molecule has 0 aliphatic heterocycles. The highest BCUT2D eigenvalue weighted by atomic mass is 19.1. The molecular formula is C14H17FO3. The Morgan fingerprint density at radius 2 is 1.72 bits per heavy atom. The summed E-state index contributed by atoms with van der Waals surface area (Å²) in [6, 6.07) is 5.64. The third-order valence-electron chi connectivity index (χ3n) is 2.08. The molecule has 0 amide bonds. The lowest BCUT2D eigenvalue weighted by Crippen LogP contribution is -2.25. The maximum atomic E-state index is 12.7. The SMILES string of the molecule is CC(C)(C)OC(=O)CC(=O)Cc1ccc(F)cc1. The van der Waals surface area contributed by atoms with Gasteiger partial charge in [0.25, 0.3) is 0 Å². The molecule has 98 valence electrons. The quantitative estimate of drug-likeness (QED) is 0.611. The predicted molar refractivity (Wildman–Crippen MR) is 65.6 cm³/mol. The molecule has 0 fully saturated rings. The zero-order valence-corrected chi connectivity index (χ0v) is 10.8. The van der Waals surface area contributed by atoms with Gasteiger partial charge in [0.1, 0.15) is 23.6 Å². The average molecular weight is 252 g/mol. The fourth-order valence-corrected chi connectivity index (χ4v) is 1.43. The van der Waals surface area contributed by atoms with E-state index in [1.54, 1.807) is 20.8 Å². The van der Waals surface area contributed by atoms with Gasteiger partial charge in [0.15, 0.2) is 0 Å². The van der Waals surface area contributed by atoms with Crippen LogP contribution < -0.4 is 0 Å². The third kappa shape index (κ3) is 5.57. The van der Waals surface area contributed by atoms with E-state index in [9.17, 15) is 14.0 Å². The van der Waals surface area contributed by atoms with E-state index in [4.69, 9.17) is 4.74 Å². The minimum absolute atomic E-state index is 0.111. The monoisotopic (exact) mass is 252 g/mol. The van der Waals surface area contributed by atoms with Crippen molar-refractivity contribution in [2.24, 2.45) is 0 Å². The fourth-order valence-electron chi connectivity index (χ4n) is 1.43. The number of ether oxygens (including phenoxy) is 1. The molecule has 0 unspecified atom stereocenters. The van der Waals surface area contributed by atoms with Crippen LogP contribution in [-0.2, 0) is 20.7 Å². The lowest BCUT2D eigenvalue weighted by atomic mass is 10.1. The highest BCUT2D eigenvalue weighted by molar-refractivity contribution is 5.96. The number of hydrogen-bond donors (Lipinski definition) is 0. The largest absolute Gasteiger partial charge is 0.460 e. The van der Waals surface area contributed by atoms with Crippen molar-refractivity contribution in [3.8, 4) is 0 Å². The molecule has 18 heavy (non-hydrogen) atoms. The minimum Gasteiger partial charge on any atom is -0.460 e. The molecule has 0 N–H and O–H groups in total. The van der Waals surface area contributed by atoms with Gasteiger partial charge in [-0.15, -0.1) is 0 Å². The highest BCUT2D eigenvalue weighted by Crippen LogP contribution is 2.10. The van der Waals surface area contributed by atoms with Crippen molar-refractivity contribution in [2.75, 3.05) is 0 Å². The molecule has 0 aliphatic carbocycles. The first-order chi connectivity index (χ1) is 8.26. The van der Waals surface area contributed by atoms with Crippen molar-refractivity contribution >= 4 is 11.8 Å². The topological polar surface area (TPSA) is 43.4 Å².